The van der Waals surface area contributed by atoms with Gasteiger partial charge in [-0.25, -0.2) is 0 Å². The van der Waals surface area contributed by atoms with E-state index in [1.807, 2.05) is 29.6 Å². The number of benzene rings is 1. The van der Waals surface area contributed by atoms with Gasteiger partial charge in [-0.05, 0) is 34.5 Å². The first-order chi connectivity index (χ1) is 7.25. The van der Waals surface area contributed by atoms with Gasteiger partial charge in [0.25, 0.3) is 0 Å². The van der Waals surface area contributed by atoms with E-state index >= 15 is 0 Å². The quantitative estimate of drug-likeness (QED) is 0.782. The topological polar surface area (TPSA) is 17.1 Å². The van der Waals surface area contributed by atoms with E-state index in [1.54, 1.807) is 11.4 Å². The molecule has 0 saturated heterocycles. The van der Waals surface area contributed by atoms with E-state index in [2.05, 4.69) is 0 Å². The highest BCUT2D eigenvalue weighted by molar-refractivity contribution is 7.07. The van der Waals surface area contributed by atoms with Crippen molar-refractivity contribution >= 4 is 22.9 Å². The van der Waals surface area contributed by atoms with E-state index in [4.69, 9.17) is 11.6 Å². The molecule has 1 heterocycles. The van der Waals surface area contributed by atoms with Gasteiger partial charge in [-0.3, -0.25) is 4.79 Å². The lowest BCUT2D eigenvalue weighted by atomic mass is 10.1. The van der Waals surface area contributed by atoms with E-state index in [0.29, 0.717) is 6.42 Å². The Hall–Kier alpha value is -1.12. The van der Waals surface area contributed by atoms with Gasteiger partial charge in [-0.1, -0.05) is 23.7 Å². The zero-order chi connectivity index (χ0) is 10.7. The average molecular weight is 237 g/mol. The third-order valence-corrected chi connectivity index (χ3v) is 3.10. The second-order valence-corrected chi connectivity index (χ2v) is 4.47. The maximum Gasteiger partial charge on any atom is 0.183 e. The highest BCUT2D eigenvalue weighted by Crippen LogP contribution is 2.12. The van der Waals surface area contributed by atoms with Crippen LogP contribution in [0.15, 0.2) is 45.9 Å². The molecular weight excluding hydrogens is 228 g/mol. The summed E-state index contributed by atoms with van der Waals surface area (Å²) in [6.45, 7) is 0. The third-order valence-electron chi connectivity index (χ3n) is 2.13. The largest absolute Gasteiger partial charge is 0.290 e. The minimum absolute atomic E-state index is 0.101. The van der Waals surface area contributed by atoms with Gasteiger partial charge < -0.3 is 0 Å². The summed E-state index contributed by atoms with van der Waals surface area (Å²) >= 11 is 7.33. The van der Waals surface area contributed by atoms with E-state index in [-0.39, 0.29) is 5.43 Å². The van der Waals surface area contributed by atoms with Crippen molar-refractivity contribution in [3.8, 4) is 0 Å². The molecule has 0 unspecified atom stereocenters. The van der Waals surface area contributed by atoms with Gasteiger partial charge in [-0.15, -0.1) is 0 Å². The summed E-state index contributed by atoms with van der Waals surface area (Å²) in [6.07, 6.45) is 0.674. The second-order valence-electron chi connectivity index (χ2n) is 3.25. The average Bonchev–Trinajstić information content (AvgIpc) is 2.25. The normalized spacial score (nSPS) is 10.2. The van der Waals surface area contributed by atoms with Gasteiger partial charge in [0.05, 0.1) is 0 Å². The molecule has 3 heteroatoms. The molecule has 0 aliphatic rings. The Bertz CT molecular complexity index is 502. The molecule has 1 aromatic heterocycles. The Labute approximate surface area is 97.0 Å². The van der Waals surface area contributed by atoms with Crippen LogP contribution in [0.5, 0.6) is 0 Å². The fraction of sp³-hybridized carbons (Fsp3) is 0.0833. The number of rotatable bonds is 2. The molecule has 0 spiro atoms. The molecule has 15 heavy (non-hydrogen) atoms. The highest BCUT2D eigenvalue weighted by Gasteiger charge is 1.99. The number of halogens is 1. The van der Waals surface area contributed by atoms with Crippen LogP contribution in [0.3, 0.4) is 0 Å². The molecule has 0 amide bonds. The molecule has 2 rings (SSSR count). The molecule has 0 bridgehead atoms. The lowest BCUT2D eigenvalue weighted by Crippen LogP contribution is -2.05. The first kappa shape index (κ1) is 10.4. The van der Waals surface area contributed by atoms with Crippen LogP contribution in [0.1, 0.15) is 11.1 Å². The van der Waals surface area contributed by atoms with Gasteiger partial charge in [0.2, 0.25) is 0 Å². The summed E-state index contributed by atoms with van der Waals surface area (Å²) in [5.74, 6) is 0. The minimum Gasteiger partial charge on any atom is -0.290 e. The molecule has 0 fully saturated rings. The Morgan fingerprint density at radius 2 is 1.87 bits per heavy atom. The maximum atomic E-state index is 11.5. The molecule has 0 saturated carbocycles. The van der Waals surface area contributed by atoms with Gasteiger partial charge >= 0.3 is 0 Å². The van der Waals surface area contributed by atoms with Crippen LogP contribution in [-0.4, -0.2) is 0 Å². The van der Waals surface area contributed by atoms with Gasteiger partial charge in [0.15, 0.2) is 5.43 Å². The van der Waals surface area contributed by atoms with E-state index in [0.717, 1.165) is 16.1 Å². The van der Waals surface area contributed by atoms with Crippen LogP contribution in [0.4, 0.5) is 0 Å². The first-order valence-corrected chi connectivity index (χ1v) is 5.87. The molecule has 0 atom stereocenters. The SMILES string of the molecule is O=c1ccscc1Cc1ccc(Cl)cc1. The van der Waals surface area contributed by atoms with Crippen molar-refractivity contribution in [3.63, 3.8) is 0 Å². The summed E-state index contributed by atoms with van der Waals surface area (Å²) in [4.78, 5) is 11.5. The molecule has 76 valence electrons. The predicted octanol–water partition coefficient (Wildman–Crippen LogP) is 3.35. The van der Waals surface area contributed by atoms with Crippen molar-refractivity contribution in [2.24, 2.45) is 0 Å². The van der Waals surface area contributed by atoms with Crippen molar-refractivity contribution in [2.45, 2.75) is 6.42 Å². The van der Waals surface area contributed by atoms with Crippen LogP contribution in [0, 0.1) is 0 Å². The van der Waals surface area contributed by atoms with Crippen LogP contribution >= 0.6 is 22.9 Å². The Morgan fingerprint density at radius 1 is 1.13 bits per heavy atom. The molecule has 0 aliphatic carbocycles. The molecule has 0 N–H and O–H groups in total. The monoisotopic (exact) mass is 236 g/mol. The first-order valence-electron chi connectivity index (χ1n) is 4.55. The van der Waals surface area contributed by atoms with Crippen LogP contribution in [0.2, 0.25) is 5.02 Å². The summed E-state index contributed by atoms with van der Waals surface area (Å²) in [7, 11) is 0. The fourth-order valence-corrected chi connectivity index (χ4v) is 2.11. The molecular formula is C12H9ClOS. The maximum absolute atomic E-state index is 11.5. The lowest BCUT2D eigenvalue weighted by molar-refractivity contribution is 1.18. The van der Waals surface area contributed by atoms with E-state index < -0.39 is 0 Å². The van der Waals surface area contributed by atoms with Crippen LogP contribution < -0.4 is 5.43 Å². The highest BCUT2D eigenvalue weighted by atomic mass is 35.5. The van der Waals surface area contributed by atoms with Crippen LogP contribution in [0.25, 0.3) is 0 Å². The molecule has 2 aromatic rings. The summed E-state index contributed by atoms with van der Waals surface area (Å²) in [5.41, 5.74) is 2.04. The predicted molar refractivity (Wildman–Crippen MR) is 64.8 cm³/mol. The zero-order valence-corrected chi connectivity index (χ0v) is 9.52. The van der Waals surface area contributed by atoms with Gasteiger partial charge in [0, 0.05) is 17.0 Å². The molecule has 0 aliphatic heterocycles. The smallest absolute Gasteiger partial charge is 0.183 e. The Kier molecular flexibility index (Phi) is 3.19. The van der Waals surface area contributed by atoms with Crippen molar-refractivity contribution in [2.75, 3.05) is 0 Å². The number of hydrogen-bond donors (Lipinski definition) is 0. The number of hydrogen-bond acceptors (Lipinski definition) is 2. The van der Waals surface area contributed by atoms with Crippen molar-refractivity contribution in [3.05, 3.63) is 67.5 Å². The standard InChI is InChI=1S/C12H9ClOS/c13-11-3-1-9(2-4-11)7-10-8-15-6-5-12(10)14/h1-6,8H,7H2. The summed E-state index contributed by atoms with van der Waals surface area (Å²) in [5, 5.41) is 4.42. The minimum atomic E-state index is 0.101. The summed E-state index contributed by atoms with van der Waals surface area (Å²) in [6, 6.07) is 9.18. The third kappa shape index (κ3) is 2.67. The van der Waals surface area contributed by atoms with Gasteiger partial charge in [-0.2, -0.15) is 11.3 Å². The van der Waals surface area contributed by atoms with Crippen molar-refractivity contribution in [1.82, 2.24) is 0 Å². The Balaban J connectivity index is 2.26. The Morgan fingerprint density at radius 3 is 2.53 bits per heavy atom. The molecule has 1 nitrogen and oxygen atoms in total. The fourth-order valence-electron chi connectivity index (χ4n) is 1.34. The zero-order valence-electron chi connectivity index (χ0n) is 7.94. The van der Waals surface area contributed by atoms with Crippen LogP contribution in [-0.2, 0) is 6.42 Å². The van der Waals surface area contributed by atoms with Gasteiger partial charge in [0.1, 0.15) is 0 Å². The van der Waals surface area contributed by atoms with E-state index in [1.165, 1.54) is 11.3 Å². The lowest BCUT2D eigenvalue weighted by Gasteiger charge is -2.00. The van der Waals surface area contributed by atoms with Crippen molar-refractivity contribution < 1.29 is 0 Å². The van der Waals surface area contributed by atoms with E-state index in [9.17, 15) is 4.79 Å². The van der Waals surface area contributed by atoms with Crippen molar-refractivity contribution in [1.29, 1.82) is 0 Å². The second kappa shape index (κ2) is 4.60. The molecule has 0 radical (unpaired) electrons. The molecule has 1 aromatic carbocycles. The summed E-state index contributed by atoms with van der Waals surface area (Å²) < 4.78 is 0.